The molecule has 0 fully saturated rings. The van der Waals surface area contributed by atoms with Crippen molar-refractivity contribution in [1.29, 1.82) is 0 Å². The first-order valence-electron chi connectivity index (χ1n) is 7.76. The zero-order chi connectivity index (χ0) is 15.4. The quantitative estimate of drug-likeness (QED) is 0.711. The number of aromatic nitrogens is 4. The topological polar surface area (TPSA) is 63.6 Å². The molecule has 0 spiro atoms. The van der Waals surface area contributed by atoms with Gasteiger partial charge < -0.3 is 9.55 Å². The molecule has 0 unspecified atom stereocenters. The van der Waals surface area contributed by atoms with Gasteiger partial charge in [0, 0.05) is 13.0 Å². The van der Waals surface area contributed by atoms with Crippen molar-refractivity contribution >= 4 is 11.2 Å². The second-order valence-corrected chi connectivity index (χ2v) is 5.50. The number of benzene rings is 1. The van der Waals surface area contributed by atoms with E-state index in [1.54, 1.807) is 6.33 Å². The molecular weight excluding hydrogens is 276 g/mol. The summed E-state index contributed by atoms with van der Waals surface area (Å²) in [5.74, 6) is 0.732. The Morgan fingerprint density at radius 2 is 2.00 bits per heavy atom. The monoisotopic (exact) mass is 296 g/mol. The summed E-state index contributed by atoms with van der Waals surface area (Å²) < 4.78 is 1.85. The van der Waals surface area contributed by atoms with Crippen LogP contribution < -0.4 is 5.56 Å². The second kappa shape index (κ2) is 6.56. The van der Waals surface area contributed by atoms with E-state index < -0.39 is 0 Å². The van der Waals surface area contributed by atoms with E-state index >= 15 is 0 Å². The van der Waals surface area contributed by atoms with Crippen LogP contribution in [0.1, 0.15) is 37.6 Å². The van der Waals surface area contributed by atoms with Crippen LogP contribution in [0, 0.1) is 0 Å². The lowest BCUT2D eigenvalue weighted by Gasteiger charge is -2.04. The molecule has 0 aliphatic heterocycles. The number of aromatic amines is 1. The molecule has 0 amide bonds. The number of nitrogens with one attached hydrogen (secondary N) is 1. The number of H-pyrrole nitrogens is 1. The van der Waals surface area contributed by atoms with Gasteiger partial charge in [0.1, 0.15) is 5.82 Å². The third-order valence-electron chi connectivity index (χ3n) is 3.75. The number of imidazole rings is 1. The Hall–Kier alpha value is -2.43. The van der Waals surface area contributed by atoms with Crippen molar-refractivity contribution in [1.82, 2.24) is 19.5 Å². The summed E-state index contributed by atoms with van der Waals surface area (Å²) in [7, 11) is 0. The van der Waals surface area contributed by atoms with E-state index in [2.05, 4.69) is 21.9 Å². The van der Waals surface area contributed by atoms with E-state index in [1.165, 1.54) is 0 Å². The number of rotatable bonds is 6. The van der Waals surface area contributed by atoms with Crippen LogP contribution in [0.2, 0.25) is 0 Å². The molecule has 1 N–H and O–H groups in total. The van der Waals surface area contributed by atoms with Gasteiger partial charge in [-0.3, -0.25) is 4.79 Å². The lowest BCUT2D eigenvalue weighted by atomic mass is 10.2. The molecule has 1 aromatic carbocycles. The summed E-state index contributed by atoms with van der Waals surface area (Å²) in [6.45, 7) is 2.78. The van der Waals surface area contributed by atoms with Gasteiger partial charge in [0.05, 0.1) is 6.33 Å². The highest BCUT2D eigenvalue weighted by Crippen LogP contribution is 2.10. The Balaban J connectivity index is 1.89. The van der Waals surface area contributed by atoms with Crippen LogP contribution in [0.4, 0.5) is 0 Å². The van der Waals surface area contributed by atoms with Crippen molar-refractivity contribution < 1.29 is 0 Å². The molecule has 0 radical (unpaired) electrons. The predicted molar refractivity (Wildman–Crippen MR) is 86.9 cm³/mol. The average Bonchev–Trinajstić information content (AvgIpc) is 2.92. The highest BCUT2D eigenvalue weighted by atomic mass is 16.1. The summed E-state index contributed by atoms with van der Waals surface area (Å²) in [5, 5.41) is 0. The van der Waals surface area contributed by atoms with Gasteiger partial charge in [-0.1, -0.05) is 50.1 Å². The highest BCUT2D eigenvalue weighted by Gasteiger charge is 2.10. The second-order valence-electron chi connectivity index (χ2n) is 5.50. The summed E-state index contributed by atoms with van der Waals surface area (Å²) >= 11 is 0. The molecule has 0 atom stereocenters. The molecule has 3 aromatic rings. The number of fused-ring (bicyclic) bond motifs is 1. The molecule has 22 heavy (non-hydrogen) atoms. The van der Waals surface area contributed by atoms with Crippen molar-refractivity contribution in [3.05, 3.63) is 58.4 Å². The SMILES string of the molecule is CCCCCc1nc2ncn(Cc3ccccc3)c2c(=O)[nH]1. The molecule has 2 aromatic heterocycles. The lowest BCUT2D eigenvalue weighted by Crippen LogP contribution is -2.15. The molecule has 5 heteroatoms. The lowest BCUT2D eigenvalue weighted by molar-refractivity contribution is 0.693. The summed E-state index contributed by atoms with van der Waals surface area (Å²) in [4.78, 5) is 24.0. The molecule has 5 nitrogen and oxygen atoms in total. The summed E-state index contributed by atoms with van der Waals surface area (Å²) in [5.41, 5.74) is 2.10. The maximum Gasteiger partial charge on any atom is 0.277 e. The van der Waals surface area contributed by atoms with Gasteiger partial charge in [0.25, 0.3) is 5.56 Å². The molecule has 0 saturated heterocycles. The van der Waals surface area contributed by atoms with E-state index in [0.717, 1.165) is 37.1 Å². The Morgan fingerprint density at radius 1 is 1.18 bits per heavy atom. The number of nitrogens with zero attached hydrogens (tertiary/aromatic N) is 3. The van der Waals surface area contributed by atoms with Gasteiger partial charge in [-0.05, 0) is 12.0 Å². The smallest absolute Gasteiger partial charge is 0.277 e. The minimum absolute atomic E-state index is 0.107. The minimum Gasteiger partial charge on any atom is -0.320 e. The van der Waals surface area contributed by atoms with Crippen molar-refractivity contribution in [2.45, 2.75) is 39.2 Å². The van der Waals surface area contributed by atoms with Gasteiger partial charge in [0.15, 0.2) is 11.2 Å². The van der Waals surface area contributed by atoms with Crippen LogP contribution in [0.5, 0.6) is 0 Å². The fourth-order valence-electron chi connectivity index (χ4n) is 2.59. The van der Waals surface area contributed by atoms with Crippen molar-refractivity contribution in [3.63, 3.8) is 0 Å². The third-order valence-corrected chi connectivity index (χ3v) is 3.75. The first kappa shape index (κ1) is 14.5. The zero-order valence-electron chi connectivity index (χ0n) is 12.7. The van der Waals surface area contributed by atoms with E-state index in [0.29, 0.717) is 17.7 Å². The van der Waals surface area contributed by atoms with Crippen LogP contribution in [0.25, 0.3) is 11.2 Å². The number of aryl methyl sites for hydroxylation is 1. The van der Waals surface area contributed by atoms with Crippen LogP contribution in [0.15, 0.2) is 41.5 Å². The molecule has 114 valence electrons. The van der Waals surface area contributed by atoms with E-state index in [9.17, 15) is 4.79 Å². The van der Waals surface area contributed by atoms with E-state index in [-0.39, 0.29) is 5.56 Å². The Kier molecular flexibility index (Phi) is 4.32. The van der Waals surface area contributed by atoms with Crippen LogP contribution in [-0.4, -0.2) is 19.5 Å². The zero-order valence-corrected chi connectivity index (χ0v) is 12.7. The summed E-state index contributed by atoms with van der Waals surface area (Å²) in [6, 6.07) is 10.0. The number of hydrogen-bond donors (Lipinski definition) is 1. The Labute approximate surface area is 129 Å². The maximum absolute atomic E-state index is 12.3. The van der Waals surface area contributed by atoms with Crippen LogP contribution in [0.3, 0.4) is 0 Å². The first-order valence-corrected chi connectivity index (χ1v) is 7.76. The number of unbranched alkanes of at least 4 members (excludes halogenated alkanes) is 2. The summed E-state index contributed by atoms with van der Waals surface area (Å²) in [6.07, 6.45) is 5.82. The largest absolute Gasteiger partial charge is 0.320 e. The standard InChI is InChI=1S/C17H20N4O/c1-2-3-5-10-14-19-16-15(17(22)20-14)21(12-18-16)11-13-8-6-4-7-9-13/h4,6-9,12H,2-3,5,10-11H2,1H3,(H,19,20,22). The minimum atomic E-state index is -0.107. The normalized spacial score (nSPS) is 11.1. The van der Waals surface area contributed by atoms with Crippen LogP contribution >= 0.6 is 0 Å². The van der Waals surface area contributed by atoms with Gasteiger partial charge in [-0.15, -0.1) is 0 Å². The van der Waals surface area contributed by atoms with Gasteiger partial charge in [0.2, 0.25) is 0 Å². The molecule has 2 heterocycles. The van der Waals surface area contributed by atoms with Crippen molar-refractivity contribution in [2.75, 3.05) is 0 Å². The predicted octanol–water partition coefficient (Wildman–Crippen LogP) is 2.90. The fourth-order valence-corrected chi connectivity index (χ4v) is 2.59. The first-order chi connectivity index (χ1) is 10.8. The van der Waals surface area contributed by atoms with Gasteiger partial charge in [-0.25, -0.2) is 9.97 Å². The Bertz CT molecular complexity index is 804. The van der Waals surface area contributed by atoms with Crippen LogP contribution in [-0.2, 0) is 13.0 Å². The Morgan fingerprint density at radius 3 is 2.77 bits per heavy atom. The van der Waals surface area contributed by atoms with E-state index in [4.69, 9.17) is 0 Å². The molecular formula is C17H20N4O. The van der Waals surface area contributed by atoms with Crippen molar-refractivity contribution in [3.8, 4) is 0 Å². The maximum atomic E-state index is 12.3. The highest BCUT2D eigenvalue weighted by molar-refractivity contribution is 5.69. The van der Waals surface area contributed by atoms with Crippen molar-refractivity contribution in [2.24, 2.45) is 0 Å². The molecule has 0 bridgehead atoms. The third kappa shape index (κ3) is 3.08. The molecule has 0 saturated carbocycles. The number of hydrogen-bond acceptors (Lipinski definition) is 3. The van der Waals surface area contributed by atoms with Gasteiger partial charge >= 0.3 is 0 Å². The van der Waals surface area contributed by atoms with E-state index in [1.807, 2.05) is 34.9 Å². The molecule has 0 aliphatic rings. The molecule has 3 rings (SSSR count). The fraction of sp³-hybridized carbons (Fsp3) is 0.353. The average molecular weight is 296 g/mol. The van der Waals surface area contributed by atoms with Gasteiger partial charge in [-0.2, -0.15) is 0 Å². The molecule has 0 aliphatic carbocycles.